The molecule has 1 aliphatic rings. The Kier molecular flexibility index (Phi) is 2.82. The van der Waals surface area contributed by atoms with Crippen molar-refractivity contribution in [2.45, 2.75) is 12.0 Å². The smallest absolute Gasteiger partial charge is 0.353 e. The van der Waals surface area contributed by atoms with Gasteiger partial charge in [-0.2, -0.15) is 0 Å². The predicted molar refractivity (Wildman–Crippen MR) is 74.2 cm³/mol. The van der Waals surface area contributed by atoms with E-state index in [9.17, 15) is 9.90 Å². The van der Waals surface area contributed by atoms with E-state index >= 15 is 0 Å². The van der Waals surface area contributed by atoms with Gasteiger partial charge in [0.2, 0.25) is 5.60 Å². The molecule has 2 aromatic carbocycles. The number of aliphatic carboxylic acids is 1. The summed E-state index contributed by atoms with van der Waals surface area (Å²) in [6, 6.07) is 14.7. The van der Waals surface area contributed by atoms with Crippen LogP contribution in [0.5, 0.6) is 5.75 Å². The molecule has 4 heteroatoms. The van der Waals surface area contributed by atoms with Crippen molar-refractivity contribution >= 4 is 21.9 Å². The third kappa shape index (κ3) is 1.92. The third-order valence-electron chi connectivity index (χ3n) is 3.34. The Bertz CT molecular complexity index is 639. The van der Waals surface area contributed by atoms with Gasteiger partial charge in [0.25, 0.3) is 0 Å². The van der Waals surface area contributed by atoms with Crippen molar-refractivity contribution < 1.29 is 14.6 Å². The second-order valence-corrected chi connectivity index (χ2v) is 5.44. The molecule has 0 amide bonds. The molecule has 1 unspecified atom stereocenters. The normalized spacial score (nSPS) is 20.7. The number of ether oxygens (including phenoxy) is 1. The lowest BCUT2D eigenvalue weighted by Gasteiger charge is -2.24. The first-order valence-electron chi connectivity index (χ1n) is 5.88. The van der Waals surface area contributed by atoms with Gasteiger partial charge in [0.15, 0.2) is 0 Å². The van der Waals surface area contributed by atoms with Crippen LogP contribution in [0.1, 0.15) is 11.1 Å². The molecule has 0 aromatic heterocycles. The zero-order valence-electron chi connectivity index (χ0n) is 9.97. The molecule has 19 heavy (non-hydrogen) atoms. The van der Waals surface area contributed by atoms with Crippen LogP contribution < -0.4 is 4.74 Å². The second kappa shape index (κ2) is 4.38. The van der Waals surface area contributed by atoms with Crippen molar-refractivity contribution in [1.82, 2.24) is 0 Å². The van der Waals surface area contributed by atoms with Crippen LogP contribution in [0.3, 0.4) is 0 Å². The van der Waals surface area contributed by atoms with Crippen LogP contribution in [0, 0.1) is 0 Å². The molecule has 1 heterocycles. The standard InChI is InChI=1S/C15H11BrO3/c16-12-7-6-10-9-15(14(17)18,19-13(10)8-12)11-4-2-1-3-5-11/h1-8H,9H2,(H,17,18). The topological polar surface area (TPSA) is 46.5 Å². The Labute approximate surface area is 119 Å². The molecule has 1 N–H and O–H groups in total. The van der Waals surface area contributed by atoms with Crippen molar-refractivity contribution in [2.24, 2.45) is 0 Å². The number of hydrogen-bond acceptors (Lipinski definition) is 2. The number of carboxylic acid groups (broad SMARTS) is 1. The average molecular weight is 319 g/mol. The van der Waals surface area contributed by atoms with Gasteiger partial charge >= 0.3 is 5.97 Å². The summed E-state index contributed by atoms with van der Waals surface area (Å²) >= 11 is 3.37. The van der Waals surface area contributed by atoms with Crippen LogP contribution in [0.25, 0.3) is 0 Å². The first-order chi connectivity index (χ1) is 9.12. The zero-order valence-corrected chi connectivity index (χ0v) is 11.6. The van der Waals surface area contributed by atoms with Gasteiger partial charge in [-0.25, -0.2) is 4.79 Å². The number of halogens is 1. The van der Waals surface area contributed by atoms with Gasteiger partial charge in [-0.15, -0.1) is 0 Å². The Balaban J connectivity index is 2.10. The summed E-state index contributed by atoms with van der Waals surface area (Å²) in [4.78, 5) is 11.7. The fraction of sp³-hybridized carbons (Fsp3) is 0.133. The van der Waals surface area contributed by atoms with Gasteiger partial charge in [-0.1, -0.05) is 52.3 Å². The summed E-state index contributed by atoms with van der Waals surface area (Å²) in [5.41, 5.74) is 0.258. The summed E-state index contributed by atoms with van der Waals surface area (Å²) in [6.45, 7) is 0. The summed E-state index contributed by atoms with van der Waals surface area (Å²) < 4.78 is 6.67. The highest BCUT2D eigenvalue weighted by atomic mass is 79.9. The van der Waals surface area contributed by atoms with Crippen molar-refractivity contribution in [3.05, 3.63) is 64.1 Å². The molecule has 2 aromatic rings. The minimum atomic E-state index is -1.32. The Morgan fingerprint density at radius 1 is 1.21 bits per heavy atom. The molecule has 0 spiro atoms. The minimum absolute atomic E-state index is 0.342. The van der Waals surface area contributed by atoms with E-state index in [-0.39, 0.29) is 0 Å². The summed E-state index contributed by atoms with van der Waals surface area (Å²) in [6.07, 6.45) is 0.342. The van der Waals surface area contributed by atoms with Crippen LogP contribution in [0.4, 0.5) is 0 Å². The summed E-state index contributed by atoms with van der Waals surface area (Å²) in [5.74, 6) is -0.341. The van der Waals surface area contributed by atoms with E-state index in [2.05, 4.69) is 15.9 Å². The van der Waals surface area contributed by atoms with Gasteiger partial charge in [0, 0.05) is 16.5 Å². The first kappa shape index (κ1) is 12.2. The van der Waals surface area contributed by atoms with E-state index in [1.807, 2.05) is 36.4 Å². The zero-order chi connectivity index (χ0) is 13.5. The number of hydrogen-bond donors (Lipinski definition) is 1. The summed E-state index contributed by atoms with van der Waals surface area (Å²) in [5, 5.41) is 9.62. The molecule has 0 radical (unpaired) electrons. The molecule has 1 aliphatic heterocycles. The highest BCUT2D eigenvalue weighted by molar-refractivity contribution is 9.10. The fourth-order valence-electron chi connectivity index (χ4n) is 2.37. The molecule has 3 rings (SSSR count). The molecule has 0 aliphatic carbocycles. The maximum atomic E-state index is 11.7. The van der Waals surface area contributed by atoms with Crippen molar-refractivity contribution in [3.63, 3.8) is 0 Å². The molecule has 0 saturated carbocycles. The number of carboxylic acids is 1. The molecular weight excluding hydrogens is 308 g/mol. The number of benzene rings is 2. The van der Waals surface area contributed by atoms with Gasteiger partial charge in [-0.3, -0.25) is 0 Å². The van der Waals surface area contributed by atoms with E-state index in [0.29, 0.717) is 17.7 Å². The monoisotopic (exact) mass is 318 g/mol. The molecule has 1 atom stereocenters. The molecule has 0 fully saturated rings. The van der Waals surface area contributed by atoms with Crippen LogP contribution in [0.2, 0.25) is 0 Å². The summed E-state index contributed by atoms with van der Waals surface area (Å²) in [7, 11) is 0. The lowest BCUT2D eigenvalue weighted by Crippen LogP contribution is -2.40. The van der Waals surface area contributed by atoms with Crippen molar-refractivity contribution in [3.8, 4) is 5.75 Å². The van der Waals surface area contributed by atoms with Crippen LogP contribution in [0.15, 0.2) is 53.0 Å². The van der Waals surface area contributed by atoms with Crippen molar-refractivity contribution in [1.29, 1.82) is 0 Å². The van der Waals surface area contributed by atoms with Crippen molar-refractivity contribution in [2.75, 3.05) is 0 Å². The minimum Gasteiger partial charge on any atom is -0.478 e. The Morgan fingerprint density at radius 3 is 2.63 bits per heavy atom. The number of rotatable bonds is 2. The molecule has 3 nitrogen and oxygen atoms in total. The van der Waals surface area contributed by atoms with E-state index in [4.69, 9.17) is 4.74 Å². The lowest BCUT2D eigenvalue weighted by atomic mass is 9.89. The largest absolute Gasteiger partial charge is 0.478 e. The third-order valence-corrected chi connectivity index (χ3v) is 3.83. The number of carbonyl (C=O) groups is 1. The average Bonchev–Trinajstić information content (AvgIpc) is 2.79. The van der Waals surface area contributed by atoms with Crippen LogP contribution in [-0.2, 0) is 16.8 Å². The second-order valence-electron chi connectivity index (χ2n) is 4.53. The molecule has 96 valence electrons. The SMILES string of the molecule is O=C(O)C1(c2ccccc2)Cc2ccc(Br)cc2O1. The van der Waals surface area contributed by atoms with Gasteiger partial charge < -0.3 is 9.84 Å². The fourth-order valence-corrected chi connectivity index (χ4v) is 2.71. The quantitative estimate of drug-likeness (QED) is 0.923. The van der Waals surface area contributed by atoms with Crippen LogP contribution >= 0.6 is 15.9 Å². The number of fused-ring (bicyclic) bond motifs is 1. The van der Waals surface area contributed by atoms with Gasteiger partial charge in [0.1, 0.15) is 5.75 Å². The molecular formula is C15H11BrO3. The predicted octanol–water partition coefficient (Wildman–Crippen LogP) is 3.36. The highest BCUT2D eigenvalue weighted by Gasteiger charge is 2.48. The highest BCUT2D eigenvalue weighted by Crippen LogP contribution is 2.42. The van der Waals surface area contributed by atoms with E-state index in [0.717, 1.165) is 10.0 Å². The van der Waals surface area contributed by atoms with Gasteiger partial charge in [0.05, 0.1) is 0 Å². The molecule has 0 bridgehead atoms. The van der Waals surface area contributed by atoms with Crippen LogP contribution in [-0.4, -0.2) is 11.1 Å². The molecule has 0 saturated heterocycles. The van der Waals surface area contributed by atoms with E-state index < -0.39 is 11.6 Å². The van der Waals surface area contributed by atoms with Gasteiger partial charge in [-0.05, 0) is 17.7 Å². The first-order valence-corrected chi connectivity index (χ1v) is 6.67. The Morgan fingerprint density at radius 2 is 1.95 bits per heavy atom. The van der Waals surface area contributed by atoms with E-state index in [1.54, 1.807) is 12.1 Å². The maximum absolute atomic E-state index is 11.7. The lowest BCUT2D eigenvalue weighted by molar-refractivity contribution is -0.154. The Hall–Kier alpha value is -1.81. The van der Waals surface area contributed by atoms with E-state index in [1.165, 1.54) is 0 Å². The maximum Gasteiger partial charge on any atom is 0.353 e.